The summed E-state index contributed by atoms with van der Waals surface area (Å²) in [5.41, 5.74) is -0.350. The minimum atomic E-state index is -2.04. The monoisotopic (exact) mass is 822 g/mol. The molecule has 4 aliphatic heterocycles. The molecule has 9 atom stereocenters. The molecular weight excluding hydrogens is 764 g/mol. The smallest absolute Gasteiger partial charge is 0.312 e. The van der Waals surface area contributed by atoms with E-state index in [0.29, 0.717) is 13.1 Å². The molecule has 0 unspecified atom stereocenters. The van der Waals surface area contributed by atoms with Crippen LogP contribution in [0, 0.1) is 30.6 Å². The van der Waals surface area contributed by atoms with E-state index in [0.717, 1.165) is 13.1 Å². The molecule has 0 aliphatic carbocycles. The van der Waals surface area contributed by atoms with Gasteiger partial charge < -0.3 is 54.7 Å². The number of anilines is 1. The molecule has 1 amide bonds. The van der Waals surface area contributed by atoms with E-state index >= 15 is 0 Å². The van der Waals surface area contributed by atoms with Crippen molar-refractivity contribution in [3.05, 3.63) is 52.8 Å². The number of Topliss-reactive ketones (excluding diaryl/α,β-unsaturated/α-hetero) is 1. The van der Waals surface area contributed by atoms with Gasteiger partial charge >= 0.3 is 11.8 Å². The Morgan fingerprint density at radius 1 is 0.949 bits per heavy atom. The Labute approximate surface area is 344 Å². The zero-order valence-electron chi connectivity index (χ0n) is 35.3. The topological polar surface area (TPSA) is 220 Å². The number of aromatic hydroxyl groups is 3. The van der Waals surface area contributed by atoms with Crippen molar-refractivity contribution in [3.63, 3.8) is 0 Å². The first kappa shape index (κ1) is 44.9. The predicted octanol–water partition coefficient (Wildman–Crippen LogP) is 4.34. The first-order valence-electron chi connectivity index (χ1n) is 19.8. The highest BCUT2D eigenvalue weighted by Gasteiger charge is 2.50. The maximum atomic E-state index is 14.4. The van der Waals surface area contributed by atoms with Gasteiger partial charge in [-0.3, -0.25) is 19.4 Å². The number of aliphatic hydroxyl groups is 2. The van der Waals surface area contributed by atoms with Crippen LogP contribution >= 0.6 is 0 Å². The number of allylic oxidation sites excluding steroid dienone is 2. The van der Waals surface area contributed by atoms with Gasteiger partial charge in [-0.15, -0.1) is 0 Å². The number of nitrogens with one attached hydrogen (secondary N) is 1. The van der Waals surface area contributed by atoms with E-state index in [1.165, 1.54) is 59.4 Å². The summed E-state index contributed by atoms with van der Waals surface area (Å²) >= 11 is 0. The Balaban J connectivity index is 1.70. The van der Waals surface area contributed by atoms with Gasteiger partial charge in [-0.2, -0.15) is 5.10 Å². The Morgan fingerprint density at radius 2 is 1.61 bits per heavy atom. The van der Waals surface area contributed by atoms with Gasteiger partial charge in [0.2, 0.25) is 0 Å². The number of benzene rings is 2. The van der Waals surface area contributed by atoms with Crippen LogP contribution in [0.25, 0.3) is 10.8 Å². The summed E-state index contributed by atoms with van der Waals surface area (Å²) in [6, 6.07) is 0. The molecule has 5 bridgehead atoms. The number of ketones is 1. The van der Waals surface area contributed by atoms with Crippen molar-refractivity contribution >= 4 is 40.3 Å². The van der Waals surface area contributed by atoms with Gasteiger partial charge in [0.15, 0.2) is 5.75 Å². The van der Waals surface area contributed by atoms with Crippen LogP contribution in [-0.4, -0.2) is 130 Å². The summed E-state index contributed by atoms with van der Waals surface area (Å²) in [7, 11) is 3.42. The molecule has 0 radical (unpaired) electrons. The van der Waals surface area contributed by atoms with Crippen LogP contribution in [0.2, 0.25) is 0 Å². The Hall–Kier alpha value is -5.16. The number of ether oxygens (including phenoxy) is 4. The van der Waals surface area contributed by atoms with Crippen LogP contribution in [0.5, 0.6) is 23.0 Å². The van der Waals surface area contributed by atoms with Crippen LogP contribution in [0.1, 0.15) is 70.0 Å². The lowest BCUT2D eigenvalue weighted by Crippen LogP contribution is -2.46. The zero-order chi connectivity index (χ0) is 43.7. The van der Waals surface area contributed by atoms with E-state index < -0.39 is 88.8 Å². The molecule has 4 heterocycles. The lowest BCUT2D eigenvalue weighted by Gasteiger charge is -2.38. The number of nitrogens with zero attached hydrogens (tertiary/aromatic N) is 3. The molecule has 0 aromatic heterocycles. The summed E-state index contributed by atoms with van der Waals surface area (Å²) in [5.74, 6) is -8.34. The van der Waals surface area contributed by atoms with Gasteiger partial charge in [0.25, 0.3) is 11.7 Å². The second-order valence-corrected chi connectivity index (χ2v) is 16.1. The zero-order valence-corrected chi connectivity index (χ0v) is 35.3. The molecule has 16 heteroatoms. The van der Waals surface area contributed by atoms with Crippen molar-refractivity contribution in [2.45, 2.75) is 85.6 Å². The third kappa shape index (κ3) is 8.91. The predicted molar refractivity (Wildman–Crippen MR) is 220 cm³/mol. The molecule has 6 N–H and O–H groups in total. The first-order chi connectivity index (χ1) is 27.7. The maximum absolute atomic E-state index is 14.4. The van der Waals surface area contributed by atoms with Crippen LogP contribution in [0.15, 0.2) is 41.2 Å². The number of aliphatic hydroxyl groups excluding tert-OH is 2. The highest BCUT2D eigenvalue weighted by molar-refractivity contribution is 6.23. The van der Waals surface area contributed by atoms with Gasteiger partial charge in [-0.1, -0.05) is 45.9 Å². The second kappa shape index (κ2) is 18.0. The van der Waals surface area contributed by atoms with Gasteiger partial charge in [0.05, 0.1) is 53.0 Å². The number of piperazine rings is 1. The highest BCUT2D eigenvalue weighted by Crippen LogP contribution is 2.55. The number of carbonyl (C=O) groups excluding carboxylic acids is 3. The molecule has 0 saturated carbocycles. The van der Waals surface area contributed by atoms with Crippen molar-refractivity contribution in [3.8, 4) is 23.0 Å². The van der Waals surface area contributed by atoms with Crippen molar-refractivity contribution in [1.82, 2.24) is 9.91 Å². The van der Waals surface area contributed by atoms with Crippen molar-refractivity contribution in [2.24, 2.45) is 28.8 Å². The fourth-order valence-electron chi connectivity index (χ4n) is 7.92. The summed E-state index contributed by atoms with van der Waals surface area (Å²) in [5, 5.41) is 66.8. The Morgan fingerprint density at radius 3 is 2.24 bits per heavy atom. The van der Waals surface area contributed by atoms with Crippen molar-refractivity contribution in [1.29, 1.82) is 0 Å². The fraction of sp³-hybridized carbons (Fsp3) is 0.535. The minimum Gasteiger partial charge on any atom is -0.507 e. The molecule has 4 aliphatic rings. The SMILES string of the molecule is CO[C@H]1/C=C/O[C@@]2(C)Oc3c(C)c(O)c4c(O)c(c(/C=N/N5CCN(C)CC5)c(O)c4c3C2=O)NC(=O)/C(C)=C\C=C\[C@H](C)[C@H](O)[C@@H](C)[C@@H](O)[C@H](C)[C@H](OC(C)=O)[C@@H]1C. The average Bonchev–Trinajstić information content (AvgIpc) is 3.46. The molecular formula is C43H58N4O12. The van der Waals surface area contributed by atoms with E-state index in [-0.39, 0.29) is 44.5 Å². The van der Waals surface area contributed by atoms with E-state index in [9.17, 15) is 39.9 Å². The minimum absolute atomic E-state index is 0.0559. The maximum Gasteiger partial charge on any atom is 0.312 e. The summed E-state index contributed by atoms with van der Waals surface area (Å²) in [4.78, 5) is 42.6. The lowest BCUT2D eigenvalue weighted by molar-refractivity contribution is -0.160. The number of carbonyl (C=O) groups is 3. The summed E-state index contributed by atoms with van der Waals surface area (Å²) in [6.45, 7) is 15.1. The normalized spacial score (nSPS) is 32.1. The van der Waals surface area contributed by atoms with Gasteiger partial charge in [-0.05, 0) is 27.0 Å². The largest absolute Gasteiger partial charge is 0.507 e. The molecule has 0 spiro atoms. The number of phenols is 3. The number of amides is 1. The molecule has 2 aromatic carbocycles. The molecule has 6 rings (SSSR count). The average molecular weight is 823 g/mol. The van der Waals surface area contributed by atoms with Crippen LogP contribution in [0.4, 0.5) is 5.69 Å². The van der Waals surface area contributed by atoms with Crippen molar-refractivity contribution in [2.75, 3.05) is 45.7 Å². The van der Waals surface area contributed by atoms with E-state index in [1.54, 1.807) is 44.9 Å². The number of hydrazone groups is 1. The highest BCUT2D eigenvalue weighted by atomic mass is 16.7. The van der Waals surface area contributed by atoms with Gasteiger partial charge in [0.1, 0.15) is 23.4 Å². The Bertz CT molecular complexity index is 2070. The quantitative estimate of drug-likeness (QED) is 0.109. The third-order valence-electron chi connectivity index (χ3n) is 11.9. The lowest BCUT2D eigenvalue weighted by atomic mass is 9.78. The van der Waals surface area contributed by atoms with E-state index in [1.807, 2.05) is 7.05 Å². The fourth-order valence-corrected chi connectivity index (χ4v) is 7.92. The third-order valence-corrected chi connectivity index (χ3v) is 11.9. The van der Waals surface area contributed by atoms with Crippen LogP contribution in [-0.2, 0) is 23.8 Å². The molecule has 2 aromatic rings. The standard InChI is InChI=1S/C43H58N4O12/c1-21-12-11-13-22(2)42(55)45-33-28(20-44-47-17-15-46(9)16-18-47)37(52)30-31(38(33)53)36(51)26(6)40-32(30)41(54)43(8,59-40)57-19-14-29(56-10)23(3)39(58-27(7)48)25(5)35(50)24(4)34(21)49/h11-14,19-21,23-25,29,34-35,39,49-53H,15-18H2,1-10H3,(H,45,55)/b12-11+,19-14+,22-13-,44-20+/t21-,23+,24+,25-,29-,34-,35+,39+,43-/m0/s1. The molecule has 322 valence electrons. The van der Waals surface area contributed by atoms with E-state index in [4.69, 9.17) is 18.9 Å². The number of hydrogen-bond donors (Lipinski definition) is 6. The number of hydrogen-bond acceptors (Lipinski definition) is 15. The summed E-state index contributed by atoms with van der Waals surface area (Å²) in [6.07, 6.45) is 4.86. The first-order valence-corrected chi connectivity index (χ1v) is 19.8. The van der Waals surface area contributed by atoms with Crippen LogP contribution < -0.4 is 10.1 Å². The molecule has 1 saturated heterocycles. The van der Waals surface area contributed by atoms with E-state index in [2.05, 4.69) is 15.3 Å². The number of likely N-dealkylation sites (N-methyl/N-ethyl adjacent to an activating group) is 1. The number of methoxy groups -OCH3 is 1. The molecule has 59 heavy (non-hydrogen) atoms. The number of fused-ring (bicyclic) bond motifs is 14. The summed E-state index contributed by atoms with van der Waals surface area (Å²) < 4.78 is 23.6. The number of rotatable bonds is 4. The number of phenolic OH excluding ortho intramolecular Hbond substituents is 3. The van der Waals surface area contributed by atoms with Crippen molar-refractivity contribution < 1.29 is 58.9 Å². The van der Waals surface area contributed by atoms with Gasteiger partial charge in [-0.25, -0.2) is 0 Å². The molecule has 16 nitrogen and oxygen atoms in total. The number of esters is 1. The second-order valence-electron chi connectivity index (χ2n) is 16.1. The van der Waals surface area contributed by atoms with Crippen LogP contribution in [0.3, 0.4) is 0 Å². The van der Waals surface area contributed by atoms with Gasteiger partial charge in [0, 0.05) is 87.3 Å². The molecule has 1 fully saturated rings. The Kier molecular flexibility index (Phi) is 13.7.